The molecule has 0 unspecified atom stereocenters. The fraction of sp³-hybridized carbons (Fsp3) is 0.538. The average Bonchev–Trinajstić information content (AvgIpc) is 2.39. The van der Waals surface area contributed by atoms with Crippen LogP contribution in [0, 0.1) is 5.92 Å². The molecule has 100 valence electrons. The van der Waals surface area contributed by atoms with Gasteiger partial charge in [0.2, 0.25) is 10.0 Å². The standard InChI is InChI=1S/C13H18ClNO2S/c14-12-8-6-11(7-9-12)10-15-18(16,17)13-4-2-1-3-5-13/h1-5,11-12,15H,6-10H2. The van der Waals surface area contributed by atoms with Crippen LogP contribution >= 0.6 is 11.6 Å². The van der Waals surface area contributed by atoms with Gasteiger partial charge in [-0.1, -0.05) is 18.2 Å². The number of rotatable bonds is 4. The number of nitrogens with one attached hydrogen (secondary N) is 1. The lowest BCUT2D eigenvalue weighted by Gasteiger charge is -2.24. The second-order valence-electron chi connectivity index (χ2n) is 4.78. The maximum absolute atomic E-state index is 12.0. The Balaban J connectivity index is 1.90. The Morgan fingerprint density at radius 3 is 2.33 bits per heavy atom. The van der Waals surface area contributed by atoms with E-state index in [1.54, 1.807) is 30.3 Å². The highest BCUT2D eigenvalue weighted by atomic mass is 35.5. The maximum atomic E-state index is 12.0. The van der Waals surface area contributed by atoms with Gasteiger partial charge in [0.15, 0.2) is 0 Å². The van der Waals surface area contributed by atoms with E-state index in [2.05, 4.69) is 4.72 Å². The lowest BCUT2D eigenvalue weighted by Crippen LogP contribution is -2.31. The van der Waals surface area contributed by atoms with Crippen molar-refractivity contribution in [2.75, 3.05) is 6.54 Å². The van der Waals surface area contributed by atoms with E-state index in [9.17, 15) is 8.42 Å². The summed E-state index contributed by atoms with van der Waals surface area (Å²) in [6.45, 7) is 0.515. The Kier molecular flexibility index (Phi) is 4.65. The van der Waals surface area contributed by atoms with Crippen molar-refractivity contribution in [1.29, 1.82) is 0 Å². The third-order valence-corrected chi connectivity index (χ3v) is 5.27. The van der Waals surface area contributed by atoms with Gasteiger partial charge in [0.1, 0.15) is 0 Å². The van der Waals surface area contributed by atoms with Crippen LogP contribution in [0.5, 0.6) is 0 Å². The monoisotopic (exact) mass is 287 g/mol. The van der Waals surface area contributed by atoms with Crippen LogP contribution in [-0.2, 0) is 10.0 Å². The van der Waals surface area contributed by atoms with Crippen molar-refractivity contribution in [2.45, 2.75) is 36.0 Å². The molecular weight excluding hydrogens is 270 g/mol. The molecule has 0 spiro atoms. The zero-order valence-electron chi connectivity index (χ0n) is 10.2. The molecule has 2 rings (SSSR count). The highest BCUT2D eigenvalue weighted by Crippen LogP contribution is 2.27. The number of hydrogen-bond acceptors (Lipinski definition) is 2. The first-order valence-electron chi connectivity index (χ1n) is 6.27. The van der Waals surface area contributed by atoms with Crippen molar-refractivity contribution >= 4 is 21.6 Å². The third kappa shape index (κ3) is 3.70. The number of sulfonamides is 1. The summed E-state index contributed by atoms with van der Waals surface area (Å²) in [7, 11) is -3.36. The fourth-order valence-corrected chi connectivity index (χ4v) is 3.63. The summed E-state index contributed by atoms with van der Waals surface area (Å²) in [6.07, 6.45) is 3.98. The molecule has 0 aromatic heterocycles. The molecule has 1 aliphatic rings. The van der Waals surface area contributed by atoms with Gasteiger partial charge in [0.25, 0.3) is 0 Å². The summed E-state index contributed by atoms with van der Waals surface area (Å²) < 4.78 is 26.7. The summed E-state index contributed by atoms with van der Waals surface area (Å²) in [5, 5.41) is 0.270. The summed E-state index contributed by atoms with van der Waals surface area (Å²) in [6, 6.07) is 8.48. The fourth-order valence-electron chi connectivity index (χ4n) is 2.24. The quantitative estimate of drug-likeness (QED) is 0.866. The third-order valence-electron chi connectivity index (χ3n) is 3.39. The van der Waals surface area contributed by atoms with E-state index in [1.165, 1.54) is 0 Å². The van der Waals surface area contributed by atoms with E-state index in [1.807, 2.05) is 0 Å². The topological polar surface area (TPSA) is 46.2 Å². The van der Waals surface area contributed by atoms with E-state index in [0.717, 1.165) is 25.7 Å². The SMILES string of the molecule is O=S(=O)(NCC1CCC(Cl)CC1)c1ccccc1. The normalized spacial score (nSPS) is 24.9. The molecule has 0 saturated heterocycles. The Hall–Kier alpha value is -0.580. The molecule has 1 N–H and O–H groups in total. The molecule has 18 heavy (non-hydrogen) atoms. The summed E-state index contributed by atoms with van der Waals surface area (Å²) in [4.78, 5) is 0.330. The highest BCUT2D eigenvalue weighted by molar-refractivity contribution is 7.89. The van der Waals surface area contributed by atoms with Crippen LogP contribution in [0.25, 0.3) is 0 Å². The first-order valence-corrected chi connectivity index (χ1v) is 8.18. The predicted octanol–water partition coefficient (Wildman–Crippen LogP) is 2.76. The minimum atomic E-state index is -3.36. The Bertz CT molecular complexity index is 467. The van der Waals surface area contributed by atoms with Crippen molar-refractivity contribution in [1.82, 2.24) is 4.72 Å². The number of benzene rings is 1. The van der Waals surface area contributed by atoms with Crippen molar-refractivity contribution in [3.63, 3.8) is 0 Å². The molecule has 0 radical (unpaired) electrons. The van der Waals surface area contributed by atoms with Crippen LogP contribution in [-0.4, -0.2) is 20.3 Å². The molecule has 1 aliphatic carbocycles. The van der Waals surface area contributed by atoms with E-state index < -0.39 is 10.0 Å². The molecule has 1 fully saturated rings. The maximum Gasteiger partial charge on any atom is 0.240 e. The minimum absolute atomic E-state index is 0.270. The molecular formula is C13H18ClNO2S. The lowest BCUT2D eigenvalue weighted by molar-refractivity contribution is 0.361. The Labute approximate surface area is 114 Å². The second-order valence-corrected chi connectivity index (χ2v) is 7.17. The predicted molar refractivity (Wildman–Crippen MR) is 73.2 cm³/mol. The average molecular weight is 288 g/mol. The molecule has 5 heteroatoms. The van der Waals surface area contributed by atoms with Gasteiger partial charge in [-0.15, -0.1) is 11.6 Å². The van der Waals surface area contributed by atoms with Crippen LogP contribution < -0.4 is 4.72 Å². The summed E-state index contributed by atoms with van der Waals surface area (Å²) >= 11 is 6.03. The molecule has 1 aromatic carbocycles. The second kappa shape index (κ2) is 6.04. The molecule has 0 aliphatic heterocycles. The number of hydrogen-bond donors (Lipinski definition) is 1. The first kappa shape index (κ1) is 13.8. The van der Waals surface area contributed by atoms with Crippen LogP contribution in [0.1, 0.15) is 25.7 Å². The molecule has 0 heterocycles. The molecule has 1 aromatic rings. The Morgan fingerprint density at radius 1 is 1.11 bits per heavy atom. The van der Waals surface area contributed by atoms with Gasteiger partial charge in [-0.2, -0.15) is 0 Å². The van der Waals surface area contributed by atoms with Gasteiger partial charge in [0, 0.05) is 11.9 Å². The van der Waals surface area contributed by atoms with Crippen LogP contribution in [0.15, 0.2) is 35.2 Å². The Morgan fingerprint density at radius 2 is 1.72 bits per heavy atom. The largest absolute Gasteiger partial charge is 0.240 e. The number of alkyl halides is 1. The van der Waals surface area contributed by atoms with E-state index in [4.69, 9.17) is 11.6 Å². The molecule has 0 amide bonds. The van der Waals surface area contributed by atoms with Crippen LogP contribution in [0.2, 0.25) is 0 Å². The van der Waals surface area contributed by atoms with Gasteiger partial charge >= 0.3 is 0 Å². The minimum Gasteiger partial charge on any atom is -0.211 e. The van der Waals surface area contributed by atoms with Crippen molar-refractivity contribution in [3.05, 3.63) is 30.3 Å². The van der Waals surface area contributed by atoms with Gasteiger partial charge in [-0.05, 0) is 43.7 Å². The summed E-state index contributed by atoms with van der Waals surface area (Å²) in [5.41, 5.74) is 0. The van der Waals surface area contributed by atoms with E-state index in [0.29, 0.717) is 17.4 Å². The van der Waals surface area contributed by atoms with Crippen molar-refractivity contribution in [3.8, 4) is 0 Å². The number of halogens is 1. The van der Waals surface area contributed by atoms with Gasteiger partial charge in [-0.3, -0.25) is 0 Å². The highest BCUT2D eigenvalue weighted by Gasteiger charge is 2.21. The summed E-state index contributed by atoms with van der Waals surface area (Å²) in [5.74, 6) is 0.415. The van der Waals surface area contributed by atoms with Crippen LogP contribution in [0.3, 0.4) is 0 Å². The smallest absolute Gasteiger partial charge is 0.211 e. The van der Waals surface area contributed by atoms with Crippen LogP contribution in [0.4, 0.5) is 0 Å². The molecule has 1 saturated carbocycles. The molecule has 0 atom stereocenters. The van der Waals surface area contributed by atoms with Gasteiger partial charge in [0.05, 0.1) is 4.90 Å². The molecule has 0 bridgehead atoms. The lowest BCUT2D eigenvalue weighted by atomic mass is 9.89. The first-order chi connectivity index (χ1) is 8.58. The molecule has 3 nitrogen and oxygen atoms in total. The zero-order valence-corrected chi connectivity index (χ0v) is 11.8. The van der Waals surface area contributed by atoms with Crippen molar-refractivity contribution in [2.24, 2.45) is 5.92 Å². The van der Waals surface area contributed by atoms with E-state index in [-0.39, 0.29) is 5.38 Å². The van der Waals surface area contributed by atoms with Gasteiger partial charge in [-0.25, -0.2) is 13.1 Å². The van der Waals surface area contributed by atoms with Gasteiger partial charge < -0.3 is 0 Å². The van der Waals surface area contributed by atoms with Crippen molar-refractivity contribution < 1.29 is 8.42 Å². The van der Waals surface area contributed by atoms with E-state index >= 15 is 0 Å². The zero-order chi connectivity index (χ0) is 13.0.